The van der Waals surface area contributed by atoms with Crippen molar-refractivity contribution in [1.29, 1.82) is 5.26 Å². The van der Waals surface area contributed by atoms with Crippen LogP contribution in [0.3, 0.4) is 0 Å². The first-order chi connectivity index (χ1) is 8.76. The minimum absolute atomic E-state index is 0.336. The molecule has 0 saturated heterocycles. The number of nitrogens with zero attached hydrogens (tertiary/aromatic N) is 2. The van der Waals surface area contributed by atoms with Gasteiger partial charge in [0.15, 0.2) is 0 Å². The van der Waals surface area contributed by atoms with Crippen LogP contribution in [0, 0.1) is 11.3 Å². The fourth-order valence-corrected chi connectivity index (χ4v) is 2.18. The lowest BCUT2D eigenvalue weighted by molar-refractivity contribution is 0.0959. The summed E-state index contributed by atoms with van der Waals surface area (Å²) in [4.78, 5) is 0. The lowest BCUT2D eigenvalue weighted by Crippen LogP contribution is -2.11. The molecular weight excluding hydrogens is 224 g/mol. The van der Waals surface area contributed by atoms with Gasteiger partial charge in [0.2, 0.25) is 0 Å². The van der Waals surface area contributed by atoms with Gasteiger partial charge in [0.25, 0.3) is 0 Å². The number of nitriles is 1. The number of ether oxygens (including phenoxy) is 1. The molecule has 2 aromatic rings. The van der Waals surface area contributed by atoms with Crippen LogP contribution >= 0.6 is 0 Å². The predicted molar refractivity (Wildman–Crippen MR) is 72.3 cm³/mol. The molecule has 3 heteroatoms. The third-order valence-corrected chi connectivity index (χ3v) is 3.13. The Hall–Kier alpha value is -1.79. The lowest BCUT2D eigenvalue weighted by Gasteiger charge is -2.10. The SMILES string of the molecule is CCc1cccc2ccn(CCOC(C)C#N)c12. The predicted octanol–water partition coefficient (Wildman–Crippen LogP) is 3.13. The third-order valence-electron chi connectivity index (χ3n) is 3.13. The summed E-state index contributed by atoms with van der Waals surface area (Å²) < 4.78 is 7.61. The zero-order valence-corrected chi connectivity index (χ0v) is 10.9. The molecule has 0 aliphatic carbocycles. The van der Waals surface area contributed by atoms with E-state index in [1.807, 2.05) is 0 Å². The highest BCUT2D eigenvalue weighted by Crippen LogP contribution is 2.20. The number of benzene rings is 1. The Morgan fingerprint density at radius 3 is 2.94 bits per heavy atom. The second-order valence-electron chi connectivity index (χ2n) is 4.36. The van der Waals surface area contributed by atoms with Gasteiger partial charge in [0.1, 0.15) is 6.10 Å². The molecule has 0 N–H and O–H groups in total. The topological polar surface area (TPSA) is 38.0 Å². The Balaban J connectivity index is 2.16. The molecule has 1 heterocycles. The van der Waals surface area contributed by atoms with Crippen molar-refractivity contribution in [2.45, 2.75) is 32.9 Å². The number of aryl methyl sites for hydroxylation is 1. The molecule has 0 spiro atoms. The first-order valence-corrected chi connectivity index (χ1v) is 6.34. The largest absolute Gasteiger partial charge is 0.362 e. The van der Waals surface area contributed by atoms with Crippen LogP contribution in [0.15, 0.2) is 30.5 Å². The summed E-state index contributed by atoms with van der Waals surface area (Å²) in [5, 5.41) is 9.93. The summed E-state index contributed by atoms with van der Waals surface area (Å²) in [5.41, 5.74) is 2.64. The number of hydrogen-bond acceptors (Lipinski definition) is 2. The summed E-state index contributed by atoms with van der Waals surface area (Å²) in [6.45, 7) is 5.29. The highest BCUT2D eigenvalue weighted by molar-refractivity contribution is 5.83. The third kappa shape index (κ3) is 2.55. The molecule has 3 nitrogen and oxygen atoms in total. The van der Waals surface area contributed by atoms with E-state index in [0.29, 0.717) is 6.61 Å². The van der Waals surface area contributed by atoms with Gasteiger partial charge in [0, 0.05) is 12.7 Å². The van der Waals surface area contributed by atoms with Crippen molar-refractivity contribution in [3.05, 3.63) is 36.0 Å². The van der Waals surface area contributed by atoms with Crippen LogP contribution in [0.5, 0.6) is 0 Å². The highest BCUT2D eigenvalue weighted by Gasteiger charge is 2.05. The molecular formula is C15H18N2O. The number of fused-ring (bicyclic) bond motifs is 1. The second kappa shape index (κ2) is 5.70. The average Bonchev–Trinajstić information content (AvgIpc) is 2.82. The normalized spacial score (nSPS) is 12.5. The van der Waals surface area contributed by atoms with E-state index in [4.69, 9.17) is 10.00 Å². The van der Waals surface area contributed by atoms with E-state index in [9.17, 15) is 0 Å². The fourth-order valence-electron chi connectivity index (χ4n) is 2.18. The Morgan fingerprint density at radius 1 is 1.39 bits per heavy atom. The van der Waals surface area contributed by atoms with E-state index in [1.54, 1.807) is 6.92 Å². The van der Waals surface area contributed by atoms with Crippen LogP contribution in [-0.2, 0) is 17.7 Å². The molecule has 1 unspecified atom stereocenters. The summed E-state index contributed by atoms with van der Waals surface area (Å²) in [7, 11) is 0. The quantitative estimate of drug-likeness (QED) is 0.807. The standard InChI is InChI=1S/C15H18N2O/c1-3-13-5-4-6-14-7-8-17(15(13)14)9-10-18-12(2)11-16/h4-8,12H,3,9-10H2,1-2H3. The van der Waals surface area contributed by atoms with E-state index in [-0.39, 0.29) is 6.10 Å². The molecule has 2 rings (SSSR count). The van der Waals surface area contributed by atoms with Gasteiger partial charge >= 0.3 is 0 Å². The molecule has 0 radical (unpaired) electrons. The van der Waals surface area contributed by atoms with E-state index in [2.05, 4.69) is 48.0 Å². The second-order valence-corrected chi connectivity index (χ2v) is 4.36. The molecule has 0 amide bonds. The smallest absolute Gasteiger partial charge is 0.141 e. The number of para-hydroxylation sites is 1. The van der Waals surface area contributed by atoms with Gasteiger partial charge in [-0.2, -0.15) is 5.26 Å². The molecule has 0 aliphatic rings. The summed E-state index contributed by atoms with van der Waals surface area (Å²) >= 11 is 0. The zero-order chi connectivity index (χ0) is 13.0. The Kier molecular flexibility index (Phi) is 4.01. The maximum Gasteiger partial charge on any atom is 0.141 e. The van der Waals surface area contributed by atoms with E-state index in [0.717, 1.165) is 13.0 Å². The van der Waals surface area contributed by atoms with Crippen LogP contribution in [-0.4, -0.2) is 17.3 Å². The Bertz CT molecular complexity index is 565. The van der Waals surface area contributed by atoms with Crippen molar-refractivity contribution in [1.82, 2.24) is 4.57 Å². The average molecular weight is 242 g/mol. The summed E-state index contributed by atoms with van der Waals surface area (Å²) in [6, 6.07) is 10.6. The number of hydrogen-bond donors (Lipinski definition) is 0. The monoisotopic (exact) mass is 242 g/mol. The van der Waals surface area contributed by atoms with E-state index >= 15 is 0 Å². The van der Waals surface area contributed by atoms with Crippen molar-refractivity contribution in [3.63, 3.8) is 0 Å². The zero-order valence-electron chi connectivity index (χ0n) is 10.9. The Morgan fingerprint density at radius 2 is 2.22 bits per heavy atom. The van der Waals surface area contributed by atoms with Gasteiger partial charge in [-0.05, 0) is 30.4 Å². The number of rotatable bonds is 5. The van der Waals surface area contributed by atoms with Crippen LogP contribution in [0.1, 0.15) is 19.4 Å². The van der Waals surface area contributed by atoms with Gasteiger partial charge < -0.3 is 9.30 Å². The van der Waals surface area contributed by atoms with Crippen molar-refractivity contribution >= 4 is 10.9 Å². The van der Waals surface area contributed by atoms with Gasteiger partial charge in [-0.15, -0.1) is 0 Å². The fraction of sp³-hybridized carbons (Fsp3) is 0.400. The lowest BCUT2D eigenvalue weighted by atomic mass is 10.1. The van der Waals surface area contributed by atoms with Gasteiger partial charge in [-0.3, -0.25) is 0 Å². The van der Waals surface area contributed by atoms with E-state index in [1.165, 1.54) is 16.5 Å². The maximum atomic E-state index is 8.66. The van der Waals surface area contributed by atoms with Crippen molar-refractivity contribution in [2.24, 2.45) is 0 Å². The first-order valence-electron chi connectivity index (χ1n) is 6.34. The van der Waals surface area contributed by atoms with Gasteiger partial charge in [0.05, 0.1) is 18.2 Å². The Labute approximate surface area is 108 Å². The summed E-state index contributed by atoms with van der Waals surface area (Å²) in [5.74, 6) is 0. The highest BCUT2D eigenvalue weighted by atomic mass is 16.5. The molecule has 1 aromatic heterocycles. The van der Waals surface area contributed by atoms with Crippen LogP contribution in [0.25, 0.3) is 10.9 Å². The maximum absolute atomic E-state index is 8.66. The van der Waals surface area contributed by atoms with Gasteiger partial charge in [-0.1, -0.05) is 25.1 Å². The minimum Gasteiger partial charge on any atom is -0.362 e. The molecule has 0 fully saturated rings. The molecule has 1 atom stereocenters. The summed E-state index contributed by atoms with van der Waals surface area (Å²) in [6.07, 6.45) is 2.78. The number of aromatic nitrogens is 1. The first kappa shape index (κ1) is 12.7. The molecule has 0 aliphatic heterocycles. The molecule has 18 heavy (non-hydrogen) atoms. The van der Waals surface area contributed by atoms with Crippen LogP contribution in [0.4, 0.5) is 0 Å². The molecule has 1 aromatic carbocycles. The molecule has 94 valence electrons. The van der Waals surface area contributed by atoms with Crippen LogP contribution in [0.2, 0.25) is 0 Å². The van der Waals surface area contributed by atoms with Crippen molar-refractivity contribution < 1.29 is 4.74 Å². The van der Waals surface area contributed by atoms with E-state index < -0.39 is 0 Å². The molecule has 0 bridgehead atoms. The van der Waals surface area contributed by atoms with Crippen LogP contribution < -0.4 is 0 Å². The van der Waals surface area contributed by atoms with Crippen molar-refractivity contribution in [2.75, 3.05) is 6.61 Å². The minimum atomic E-state index is -0.336. The van der Waals surface area contributed by atoms with Crippen molar-refractivity contribution in [3.8, 4) is 6.07 Å². The van der Waals surface area contributed by atoms with Gasteiger partial charge in [-0.25, -0.2) is 0 Å². The molecule has 0 saturated carbocycles.